The molecule has 0 radical (unpaired) electrons. The highest BCUT2D eigenvalue weighted by Crippen LogP contribution is 2.50. The van der Waals surface area contributed by atoms with E-state index in [0.29, 0.717) is 6.04 Å². The van der Waals surface area contributed by atoms with E-state index < -0.39 is 0 Å². The van der Waals surface area contributed by atoms with Crippen molar-refractivity contribution in [3.63, 3.8) is 0 Å². The SMILES string of the molecule is CC(C)N1CCC2(CC1)Oc1ccc(Br)cc1[C@H]1CC(c3cccs3)=NN12. The minimum absolute atomic E-state index is 0.258. The van der Waals surface area contributed by atoms with Gasteiger partial charge in [-0.2, -0.15) is 5.10 Å². The average Bonchev–Trinajstić information content (AvgIpc) is 3.33. The molecule has 0 aliphatic carbocycles. The van der Waals surface area contributed by atoms with E-state index >= 15 is 0 Å². The van der Waals surface area contributed by atoms with Gasteiger partial charge in [0, 0.05) is 48.4 Å². The lowest BCUT2D eigenvalue weighted by Gasteiger charge is -2.51. The zero-order valence-electron chi connectivity index (χ0n) is 15.7. The summed E-state index contributed by atoms with van der Waals surface area (Å²) in [4.78, 5) is 3.82. The Kier molecular flexibility index (Phi) is 4.33. The summed E-state index contributed by atoms with van der Waals surface area (Å²) in [6.45, 7) is 6.66. The Balaban J connectivity index is 1.55. The summed E-state index contributed by atoms with van der Waals surface area (Å²) in [5, 5.41) is 9.56. The molecule has 6 heteroatoms. The smallest absolute Gasteiger partial charge is 0.200 e. The summed E-state index contributed by atoms with van der Waals surface area (Å²) in [6.07, 6.45) is 2.92. The maximum atomic E-state index is 6.70. The van der Waals surface area contributed by atoms with Gasteiger partial charge >= 0.3 is 0 Å². The second-order valence-electron chi connectivity index (χ2n) is 7.95. The van der Waals surface area contributed by atoms with Gasteiger partial charge in [0.1, 0.15) is 5.75 Å². The number of hydrogen-bond donors (Lipinski definition) is 0. The van der Waals surface area contributed by atoms with E-state index in [0.717, 1.165) is 42.6 Å². The molecule has 27 heavy (non-hydrogen) atoms. The van der Waals surface area contributed by atoms with Gasteiger partial charge in [-0.05, 0) is 43.5 Å². The molecule has 5 rings (SSSR count). The van der Waals surface area contributed by atoms with Crippen molar-refractivity contribution in [1.29, 1.82) is 0 Å². The van der Waals surface area contributed by atoms with Crippen LogP contribution in [0, 0.1) is 0 Å². The minimum Gasteiger partial charge on any atom is -0.466 e. The van der Waals surface area contributed by atoms with Gasteiger partial charge in [0.2, 0.25) is 5.72 Å². The minimum atomic E-state index is -0.324. The van der Waals surface area contributed by atoms with Crippen molar-refractivity contribution in [1.82, 2.24) is 9.91 Å². The van der Waals surface area contributed by atoms with Gasteiger partial charge in [0.25, 0.3) is 0 Å². The lowest BCUT2D eigenvalue weighted by atomic mass is 9.91. The average molecular weight is 446 g/mol. The lowest BCUT2D eigenvalue weighted by Crippen LogP contribution is -2.59. The second kappa shape index (κ2) is 6.61. The summed E-state index contributed by atoms with van der Waals surface area (Å²) < 4.78 is 7.79. The van der Waals surface area contributed by atoms with Crippen molar-refractivity contribution >= 4 is 33.0 Å². The van der Waals surface area contributed by atoms with Crippen molar-refractivity contribution in [2.24, 2.45) is 5.10 Å². The number of hydrazone groups is 1. The van der Waals surface area contributed by atoms with Crippen molar-refractivity contribution in [3.8, 4) is 5.75 Å². The Labute approximate surface area is 172 Å². The van der Waals surface area contributed by atoms with E-state index in [1.165, 1.54) is 16.2 Å². The number of halogens is 1. The summed E-state index contributed by atoms with van der Waals surface area (Å²) in [5.74, 6) is 1.03. The number of thiophene rings is 1. The van der Waals surface area contributed by atoms with Gasteiger partial charge in [-0.1, -0.05) is 22.0 Å². The highest BCUT2D eigenvalue weighted by atomic mass is 79.9. The maximum Gasteiger partial charge on any atom is 0.200 e. The van der Waals surface area contributed by atoms with Crippen LogP contribution in [-0.4, -0.2) is 40.5 Å². The molecule has 0 N–H and O–H groups in total. The number of hydrogen-bond acceptors (Lipinski definition) is 5. The van der Waals surface area contributed by atoms with Crippen LogP contribution < -0.4 is 4.74 Å². The largest absolute Gasteiger partial charge is 0.466 e. The fraction of sp³-hybridized carbons (Fsp3) is 0.476. The Morgan fingerprint density at radius 3 is 2.78 bits per heavy atom. The molecule has 1 aromatic carbocycles. The van der Waals surface area contributed by atoms with E-state index in [2.05, 4.69) is 75.4 Å². The number of rotatable bonds is 2. The van der Waals surface area contributed by atoms with E-state index in [1.807, 2.05) is 0 Å². The topological polar surface area (TPSA) is 28.1 Å². The third-order valence-electron chi connectivity index (χ3n) is 6.07. The van der Waals surface area contributed by atoms with Crippen molar-refractivity contribution in [2.45, 2.75) is 50.9 Å². The molecule has 0 saturated carbocycles. The first kappa shape index (κ1) is 17.7. The first-order valence-corrected chi connectivity index (χ1v) is 11.4. The Morgan fingerprint density at radius 2 is 2.07 bits per heavy atom. The lowest BCUT2D eigenvalue weighted by molar-refractivity contribution is -0.152. The predicted molar refractivity (Wildman–Crippen MR) is 113 cm³/mol. The molecule has 1 aromatic heterocycles. The summed E-state index contributed by atoms with van der Waals surface area (Å²) in [7, 11) is 0. The fourth-order valence-electron chi connectivity index (χ4n) is 4.56. The molecule has 1 spiro atoms. The highest BCUT2D eigenvalue weighted by molar-refractivity contribution is 9.10. The van der Waals surface area contributed by atoms with Crippen LogP contribution in [-0.2, 0) is 0 Å². The molecule has 3 aliphatic rings. The first-order chi connectivity index (χ1) is 13.1. The fourth-order valence-corrected chi connectivity index (χ4v) is 5.66. The number of nitrogens with zero attached hydrogens (tertiary/aromatic N) is 3. The molecule has 2 aromatic rings. The number of piperidine rings is 1. The van der Waals surface area contributed by atoms with Crippen LogP contribution in [0.3, 0.4) is 0 Å². The third-order valence-corrected chi connectivity index (χ3v) is 7.49. The van der Waals surface area contributed by atoms with Gasteiger partial charge in [0.05, 0.1) is 16.6 Å². The highest BCUT2D eigenvalue weighted by Gasteiger charge is 2.52. The first-order valence-electron chi connectivity index (χ1n) is 9.69. The molecule has 1 fully saturated rings. The Hall–Kier alpha value is -1.37. The number of likely N-dealkylation sites (tertiary alicyclic amines) is 1. The second-order valence-corrected chi connectivity index (χ2v) is 9.81. The quantitative estimate of drug-likeness (QED) is 0.631. The van der Waals surface area contributed by atoms with Crippen LogP contribution >= 0.6 is 27.3 Å². The number of fused-ring (bicyclic) bond motifs is 4. The molecule has 142 valence electrons. The van der Waals surface area contributed by atoms with Crippen molar-refractivity contribution in [2.75, 3.05) is 13.1 Å². The molecule has 4 nitrogen and oxygen atoms in total. The molecule has 1 saturated heterocycles. The zero-order valence-corrected chi connectivity index (χ0v) is 18.1. The molecule has 4 heterocycles. The zero-order chi connectivity index (χ0) is 18.6. The normalized spacial score (nSPS) is 23.9. The molecular weight excluding hydrogens is 422 g/mol. The van der Waals surface area contributed by atoms with Gasteiger partial charge in [0.15, 0.2) is 0 Å². The standard InChI is InChI=1S/C21H24BrN3OS/c1-14(2)24-9-7-21(8-10-24)25-18(13-17(23-25)20-4-3-11-27-20)16-12-15(22)5-6-19(16)26-21/h3-6,11-12,14,18H,7-10,13H2,1-2H3/t18-/m1/s1. The van der Waals surface area contributed by atoms with Crippen LogP contribution in [0.2, 0.25) is 0 Å². The Bertz CT molecular complexity index is 872. The van der Waals surface area contributed by atoms with Gasteiger partial charge in [-0.15, -0.1) is 11.3 Å². The number of benzene rings is 1. The predicted octanol–water partition coefficient (Wildman–Crippen LogP) is 5.25. The summed E-state index contributed by atoms with van der Waals surface area (Å²) in [6, 6.07) is 11.5. The molecule has 1 atom stereocenters. The van der Waals surface area contributed by atoms with E-state index in [4.69, 9.17) is 9.84 Å². The van der Waals surface area contributed by atoms with E-state index in [9.17, 15) is 0 Å². The summed E-state index contributed by atoms with van der Waals surface area (Å²) in [5.41, 5.74) is 2.12. The summed E-state index contributed by atoms with van der Waals surface area (Å²) >= 11 is 5.41. The monoisotopic (exact) mass is 445 g/mol. The van der Waals surface area contributed by atoms with Crippen LogP contribution in [0.4, 0.5) is 0 Å². The van der Waals surface area contributed by atoms with E-state index in [1.54, 1.807) is 11.3 Å². The van der Waals surface area contributed by atoms with Gasteiger partial charge in [-0.3, -0.25) is 0 Å². The number of ether oxygens (including phenoxy) is 1. The maximum absolute atomic E-state index is 6.70. The van der Waals surface area contributed by atoms with Crippen molar-refractivity contribution in [3.05, 3.63) is 50.6 Å². The van der Waals surface area contributed by atoms with Crippen LogP contribution in [0.5, 0.6) is 5.75 Å². The molecule has 0 bridgehead atoms. The van der Waals surface area contributed by atoms with Gasteiger partial charge in [-0.25, -0.2) is 5.01 Å². The van der Waals surface area contributed by atoms with Gasteiger partial charge < -0.3 is 9.64 Å². The van der Waals surface area contributed by atoms with Crippen molar-refractivity contribution < 1.29 is 4.74 Å². The third kappa shape index (κ3) is 2.93. The van der Waals surface area contributed by atoms with Crippen LogP contribution in [0.25, 0.3) is 0 Å². The molecular formula is C21H24BrN3OS. The van der Waals surface area contributed by atoms with Crippen LogP contribution in [0.15, 0.2) is 45.3 Å². The molecule has 0 amide bonds. The van der Waals surface area contributed by atoms with E-state index in [-0.39, 0.29) is 11.8 Å². The molecule has 3 aliphatic heterocycles. The van der Waals surface area contributed by atoms with Crippen LogP contribution in [0.1, 0.15) is 49.6 Å². The molecule has 0 unspecified atom stereocenters. The Morgan fingerprint density at radius 1 is 1.26 bits per heavy atom.